The van der Waals surface area contributed by atoms with Crippen LogP contribution in [-0.4, -0.2) is 69.8 Å². The Morgan fingerprint density at radius 1 is 1.00 bits per heavy atom. The van der Waals surface area contributed by atoms with E-state index in [1.807, 2.05) is 98.9 Å². The van der Waals surface area contributed by atoms with Crippen LogP contribution in [0.1, 0.15) is 41.0 Å². The van der Waals surface area contributed by atoms with E-state index < -0.39 is 17.7 Å². The van der Waals surface area contributed by atoms with Crippen LogP contribution in [-0.2, 0) is 16.2 Å². The minimum atomic E-state index is -0.836. The number of nitrogens with zero attached hydrogens (tertiary/aromatic N) is 4. The predicted octanol–water partition coefficient (Wildman–Crippen LogP) is 4.91. The molecule has 5 rings (SSSR count). The zero-order chi connectivity index (χ0) is 30.0. The highest BCUT2D eigenvalue weighted by Crippen LogP contribution is 2.42. The van der Waals surface area contributed by atoms with Gasteiger partial charge < -0.3 is 28.8 Å². The van der Waals surface area contributed by atoms with E-state index in [9.17, 15) is 14.7 Å². The standard InChI is InChI=1S/C33H36N4O5/c1-6-41-26-19-24(14-15-25(26)42-20-23-12-8-7-9-13-23)29-27(31(39)33(40)37(29)18-17-35(4)5)30(38)28-22(3)36-16-10-11-21(2)32(36)34-28/h7-16,19,29,38H,6,17-18,20H2,1-5H3. The number of aliphatic hydroxyl groups excluding tert-OH is 1. The molecule has 0 bridgehead atoms. The Labute approximate surface area is 245 Å². The maximum Gasteiger partial charge on any atom is 0.295 e. The highest BCUT2D eigenvalue weighted by atomic mass is 16.5. The number of aromatic nitrogens is 2. The Morgan fingerprint density at radius 2 is 1.76 bits per heavy atom. The fourth-order valence-corrected chi connectivity index (χ4v) is 5.26. The van der Waals surface area contributed by atoms with Gasteiger partial charge in [0, 0.05) is 19.3 Å². The van der Waals surface area contributed by atoms with Gasteiger partial charge in [-0.15, -0.1) is 0 Å². The Balaban J connectivity index is 1.61. The summed E-state index contributed by atoms with van der Waals surface area (Å²) in [4.78, 5) is 35.1. The number of aliphatic hydroxyl groups is 1. The molecular weight excluding hydrogens is 532 g/mol. The van der Waals surface area contributed by atoms with E-state index in [4.69, 9.17) is 9.47 Å². The fourth-order valence-electron chi connectivity index (χ4n) is 5.26. The molecule has 1 aliphatic rings. The van der Waals surface area contributed by atoms with E-state index >= 15 is 0 Å². The summed E-state index contributed by atoms with van der Waals surface area (Å²) in [7, 11) is 3.81. The molecule has 1 aliphatic heterocycles. The maximum atomic E-state index is 13.6. The lowest BCUT2D eigenvalue weighted by molar-refractivity contribution is -0.140. The number of carbonyl (C=O) groups excluding carboxylic acids is 2. The lowest BCUT2D eigenvalue weighted by Gasteiger charge is -2.27. The average molecular weight is 569 g/mol. The van der Waals surface area contributed by atoms with Crippen LogP contribution in [0.25, 0.3) is 11.4 Å². The molecule has 0 aliphatic carbocycles. The smallest absolute Gasteiger partial charge is 0.295 e. The highest BCUT2D eigenvalue weighted by molar-refractivity contribution is 6.46. The first-order valence-corrected chi connectivity index (χ1v) is 14.0. The van der Waals surface area contributed by atoms with Crippen molar-refractivity contribution < 1.29 is 24.2 Å². The molecule has 0 spiro atoms. The van der Waals surface area contributed by atoms with Crippen molar-refractivity contribution in [3.63, 3.8) is 0 Å². The Morgan fingerprint density at radius 3 is 2.45 bits per heavy atom. The van der Waals surface area contributed by atoms with Gasteiger partial charge in [0.2, 0.25) is 0 Å². The first-order chi connectivity index (χ1) is 20.2. The molecule has 4 aromatic rings. The van der Waals surface area contributed by atoms with Crippen LogP contribution in [0.2, 0.25) is 0 Å². The lowest BCUT2D eigenvalue weighted by atomic mass is 9.96. The zero-order valence-electron chi connectivity index (χ0n) is 24.6. The number of likely N-dealkylation sites (tertiary alicyclic amines) is 1. The minimum Gasteiger partial charge on any atom is -0.505 e. The molecule has 1 atom stereocenters. The number of likely N-dealkylation sites (N-methyl/N-ethyl adjacent to an activating group) is 1. The zero-order valence-corrected chi connectivity index (χ0v) is 24.6. The first-order valence-electron chi connectivity index (χ1n) is 14.0. The number of fused-ring (bicyclic) bond motifs is 1. The quantitative estimate of drug-likeness (QED) is 0.165. The normalized spacial score (nSPS) is 16.5. The van der Waals surface area contributed by atoms with Crippen molar-refractivity contribution in [1.29, 1.82) is 0 Å². The van der Waals surface area contributed by atoms with Gasteiger partial charge in [0.05, 0.1) is 23.9 Å². The van der Waals surface area contributed by atoms with E-state index in [0.717, 1.165) is 11.1 Å². The van der Waals surface area contributed by atoms with Crippen molar-refractivity contribution in [2.75, 3.05) is 33.8 Å². The summed E-state index contributed by atoms with van der Waals surface area (Å²) in [6, 6.07) is 18.2. The summed E-state index contributed by atoms with van der Waals surface area (Å²) in [6.07, 6.45) is 1.86. The van der Waals surface area contributed by atoms with Gasteiger partial charge in [0.15, 0.2) is 17.3 Å². The molecular formula is C33H36N4O5. The van der Waals surface area contributed by atoms with Crippen molar-refractivity contribution in [2.45, 2.75) is 33.4 Å². The van der Waals surface area contributed by atoms with Gasteiger partial charge in [0.1, 0.15) is 17.9 Å². The molecule has 2 aromatic heterocycles. The summed E-state index contributed by atoms with van der Waals surface area (Å²) < 4.78 is 13.9. The number of ether oxygens (including phenoxy) is 2. The van der Waals surface area contributed by atoms with Crippen molar-refractivity contribution >= 4 is 23.1 Å². The maximum absolute atomic E-state index is 13.6. The third-order valence-electron chi connectivity index (χ3n) is 7.46. The summed E-state index contributed by atoms with van der Waals surface area (Å²) in [6.45, 7) is 7.22. The second-order valence-corrected chi connectivity index (χ2v) is 10.6. The molecule has 0 saturated carbocycles. The molecule has 218 valence electrons. The topological polar surface area (TPSA) is 96.6 Å². The molecule has 1 N–H and O–H groups in total. The van der Waals surface area contributed by atoms with Crippen LogP contribution in [0, 0.1) is 13.8 Å². The molecule has 1 saturated heterocycles. The second kappa shape index (κ2) is 12.1. The van der Waals surface area contributed by atoms with Crippen molar-refractivity contribution in [3.8, 4) is 11.5 Å². The monoisotopic (exact) mass is 568 g/mol. The van der Waals surface area contributed by atoms with Crippen LogP contribution in [0.15, 0.2) is 72.4 Å². The molecule has 9 nitrogen and oxygen atoms in total. The molecule has 1 unspecified atom stereocenters. The number of hydrogen-bond acceptors (Lipinski definition) is 7. The van der Waals surface area contributed by atoms with E-state index in [0.29, 0.717) is 54.7 Å². The van der Waals surface area contributed by atoms with Gasteiger partial charge in [-0.2, -0.15) is 0 Å². The molecule has 0 radical (unpaired) electrons. The summed E-state index contributed by atoms with van der Waals surface area (Å²) in [5.41, 5.74) is 4.19. The average Bonchev–Trinajstić information content (AvgIpc) is 3.45. The van der Waals surface area contributed by atoms with Gasteiger partial charge in [-0.05, 0) is 69.8 Å². The lowest BCUT2D eigenvalue weighted by Crippen LogP contribution is -2.35. The van der Waals surface area contributed by atoms with Crippen molar-refractivity contribution in [1.82, 2.24) is 19.2 Å². The molecule has 1 amide bonds. The van der Waals surface area contributed by atoms with E-state index in [1.165, 1.54) is 4.90 Å². The molecule has 1 fully saturated rings. The van der Waals surface area contributed by atoms with Gasteiger partial charge >= 0.3 is 0 Å². The van der Waals surface area contributed by atoms with Gasteiger partial charge in [-0.3, -0.25) is 9.59 Å². The number of carbonyl (C=O) groups is 2. The molecule has 42 heavy (non-hydrogen) atoms. The number of ketones is 1. The number of amides is 1. The molecule has 9 heteroatoms. The van der Waals surface area contributed by atoms with Gasteiger partial charge in [0.25, 0.3) is 11.7 Å². The van der Waals surface area contributed by atoms with Crippen LogP contribution >= 0.6 is 0 Å². The second-order valence-electron chi connectivity index (χ2n) is 10.6. The number of hydrogen-bond donors (Lipinski definition) is 1. The van der Waals surface area contributed by atoms with Crippen LogP contribution in [0.3, 0.4) is 0 Å². The number of aryl methyl sites for hydroxylation is 2. The number of pyridine rings is 1. The van der Waals surface area contributed by atoms with Crippen LogP contribution in [0.5, 0.6) is 11.5 Å². The van der Waals surface area contributed by atoms with Crippen molar-refractivity contribution in [3.05, 3.63) is 101 Å². The predicted molar refractivity (Wildman–Crippen MR) is 161 cm³/mol. The van der Waals surface area contributed by atoms with Crippen LogP contribution in [0.4, 0.5) is 0 Å². The third-order valence-corrected chi connectivity index (χ3v) is 7.46. The number of Topliss-reactive ketones (excluding diaryl/α,β-unsaturated/α-hetero) is 1. The highest BCUT2D eigenvalue weighted by Gasteiger charge is 2.46. The summed E-state index contributed by atoms with van der Waals surface area (Å²) >= 11 is 0. The van der Waals surface area contributed by atoms with E-state index in [-0.39, 0.29) is 17.0 Å². The Bertz CT molecular complexity index is 1660. The van der Waals surface area contributed by atoms with Crippen molar-refractivity contribution in [2.24, 2.45) is 0 Å². The fraction of sp³-hybridized carbons (Fsp3) is 0.303. The summed E-state index contributed by atoms with van der Waals surface area (Å²) in [5, 5.41) is 11.7. The van der Waals surface area contributed by atoms with Crippen LogP contribution < -0.4 is 9.47 Å². The largest absolute Gasteiger partial charge is 0.505 e. The third kappa shape index (κ3) is 5.47. The van der Waals surface area contributed by atoms with E-state index in [2.05, 4.69) is 4.98 Å². The number of imidazole rings is 1. The summed E-state index contributed by atoms with van der Waals surface area (Å²) in [5.74, 6) is -0.672. The van der Waals surface area contributed by atoms with E-state index in [1.54, 1.807) is 12.1 Å². The molecule has 2 aromatic carbocycles. The number of rotatable bonds is 10. The molecule has 3 heterocycles. The minimum absolute atomic E-state index is 0.00307. The van der Waals surface area contributed by atoms with Gasteiger partial charge in [-0.25, -0.2) is 4.98 Å². The van der Waals surface area contributed by atoms with Gasteiger partial charge in [-0.1, -0.05) is 42.5 Å². The Hall–Kier alpha value is -4.63. The first kappa shape index (κ1) is 28.9. The number of benzene rings is 2. The SMILES string of the molecule is CCOc1cc(C2C(=C(O)c3nc4c(C)cccn4c3C)C(=O)C(=O)N2CCN(C)C)ccc1OCc1ccccc1. The Kier molecular flexibility index (Phi) is 8.31.